The van der Waals surface area contributed by atoms with Gasteiger partial charge in [0.2, 0.25) is 0 Å². The Balaban J connectivity index is 1.91. The molecule has 0 saturated heterocycles. The number of rotatable bonds is 5. The summed E-state index contributed by atoms with van der Waals surface area (Å²) in [4.78, 5) is 14.9. The highest BCUT2D eigenvalue weighted by molar-refractivity contribution is 5.68. The Kier molecular flexibility index (Phi) is 5.70. The van der Waals surface area contributed by atoms with Crippen molar-refractivity contribution < 1.29 is 36.9 Å². The van der Waals surface area contributed by atoms with Gasteiger partial charge in [-0.3, -0.25) is 4.40 Å². The molecule has 1 aromatic carbocycles. The highest BCUT2D eigenvalue weighted by Crippen LogP contribution is 2.26. The maximum absolute atomic E-state index is 13.8. The molecule has 0 aliphatic heterocycles. The summed E-state index contributed by atoms with van der Waals surface area (Å²) in [6.07, 6.45) is -3.33. The lowest BCUT2D eigenvalue weighted by atomic mass is 10.2. The molecule has 0 amide bonds. The quantitative estimate of drug-likeness (QED) is 0.518. The zero-order valence-corrected chi connectivity index (χ0v) is 14.5. The number of aliphatic carboxylic acids is 1. The molecule has 0 saturated carbocycles. The van der Waals surface area contributed by atoms with Crippen LogP contribution in [0.5, 0.6) is 5.75 Å². The maximum atomic E-state index is 13.8. The van der Waals surface area contributed by atoms with Crippen molar-refractivity contribution in [1.82, 2.24) is 9.38 Å². The normalized spacial score (nSPS) is 11.2. The molecule has 2 aromatic heterocycles. The lowest BCUT2D eigenvalue weighted by Crippen LogP contribution is -2.17. The number of imidazole rings is 1. The predicted octanol–water partition coefficient (Wildman–Crippen LogP) is 3.37. The summed E-state index contributed by atoms with van der Waals surface area (Å²) in [7, 11) is 0. The molecule has 0 aliphatic rings. The Bertz CT molecular complexity index is 1110. The number of carboxylic acid groups (broad SMARTS) is 1. The second-order valence-corrected chi connectivity index (χ2v) is 5.67. The third-order valence-electron chi connectivity index (χ3n) is 3.55. The van der Waals surface area contributed by atoms with Gasteiger partial charge in [-0.25, -0.2) is 14.2 Å². The molecule has 2 heterocycles. The van der Waals surface area contributed by atoms with Crippen molar-refractivity contribution in [1.29, 1.82) is 0 Å². The summed E-state index contributed by atoms with van der Waals surface area (Å²) in [5.74, 6) is 2.12. The van der Waals surface area contributed by atoms with Crippen LogP contribution in [0, 0.1) is 17.7 Å². The van der Waals surface area contributed by atoms with Crippen molar-refractivity contribution in [2.45, 2.75) is 13.0 Å². The molecule has 0 radical (unpaired) electrons. The average Bonchev–Trinajstić information content (AvgIpc) is 2.98. The van der Waals surface area contributed by atoms with Crippen LogP contribution < -0.4 is 4.74 Å². The molecule has 0 atom stereocenters. The minimum atomic E-state index is -5.00. The Morgan fingerprint density at radius 1 is 1.21 bits per heavy atom. The van der Waals surface area contributed by atoms with Crippen LogP contribution in [0.15, 0.2) is 42.6 Å². The van der Waals surface area contributed by atoms with Gasteiger partial charge in [0.15, 0.2) is 11.6 Å². The maximum Gasteiger partial charge on any atom is 0.573 e. The van der Waals surface area contributed by atoms with Crippen LogP contribution in [-0.4, -0.2) is 33.4 Å². The van der Waals surface area contributed by atoms with Gasteiger partial charge < -0.3 is 14.6 Å². The van der Waals surface area contributed by atoms with Crippen molar-refractivity contribution >= 4 is 11.6 Å². The molecule has 0 unspecified atom stereocenters. The van der Waals surface area contributed by atoms with Gasteiger partial charge in [-0.15, -0.1) is 13.2 Å². The van der Waals surface area contributed by atoms with Crippen LogP contribution in [0.1, 0.15) is 17.0 Å². The largest absolute Gasteiger partial charge is 0.573 e. The summed E-state index contributed by atoms with van der Waals surface area (Å²) in [5, 5.41) is 8.68. The molecule has 0 aliphatic carbocycles. The van der Waals surface area contributed by atoms with Gasteiger partial charge in [0.25, 0.3) is 0 Å². The van der Waals surface area contributed by atoms with E-state index in [1.54, 1.807) is 28.8 Å². The van der Waals surface area contributed by atoms with E-state index in [4.69, 9.17) is 9.84 Å². The number of fused-ring (bicyclic) bond motifs is 1. The lowest BCUT2D eigenvalue weighted by Gasteiger charge is -2.09. The topological polar surface area (TPSA) is 73.1 Å². The van der Waals surface area contributed by atoms with Crippen LogP contribution in [0.25, 0.3) is 5.65 Å². The number of alkyl halides is 3. The minimum absolute atomic E-state index is 0.111. The number of pyridine rings is 1. The summed E-state index contributed by atoms with van der Waals surface area (Å²) in [6, 6.07) is 8.01. The summed E-state index contributed by atoms with van der Waals surface area (Å²) in [6.45, 7) is -0.642. The van der Waals surface area contributed by atoms with Gasteiger partial charge >= 0.3 is 12.3 Å². The first-order chi connectivity index (χ1) is 13.7. The van der Waals surface area contributed by atoms with E-state index in [2.05, 4.69) is 21.6 Å². The van der Waals surface area contributed by atoms with Crippen LogP contribution in [0.2, 0.25) is 0 Å². The Morgan fingerprint density at radius 3 is 2.69 bits per heavy atom. The molecule has 3 rings (SSSR count). The predicted molar refractivity (Wildman–Crippen MR) is 91.5 cm³/mol. The average molecular weight is 408 g/mol. The second-order valence-electron chi connectivity index (χ2n) is 5.67. The Labute approximate surface area is 161 Å². The van der Waals surface area contributed by atoms with Crippen molar-refractivity contribution in [3.8, 4) is 17.6 Å². The van der Waals surface area contributed by atoms with Crippen molar-refractivity contribution in [3.05, 3.63) is 65.4 Å². The van der Waals surface area contributed by atoms with E-state index < -0.39 is 30.5 Å². The Hall–Kier alpha value is -3.58. The first-order valence-electron chi connectivity index (χ1n) is 8.06. The smallest absolute Gasteiger partial charge is 0.480 e. The molecule has 10 heteroatoms. The number of nitrogens with zero attached hydrogens (tertiary/aromatic N) is 2. The minimum Gasteiger partial charge on any atom is -0.480 e. The van der Waals surface area contributed by atoms with Gasteiger partial charge in [0.05, 0.1) is 6.61 Å². The fourth-order valence-electron chi connectivity index (χ4n) is 2.43. The van der Waals surface area contributed by atoms with Crippen molar-refractivity contribution in [2.75, 3.05) is 6.61 Å². The summed E-state index contributed by atoms with van der Waals surface area (Å²) < 4.78 is 60.8. The van der Waals surface area contributed by atoms with Crippen LogP contribution in [0.4, 0.5) is 17.6 Å². The van der Waals surface area contributed by atoms with E-state index in [0.29, 0.717) is 17.0 Å². The summed E-state index contributed by atoms with van der Waals surface area (Å²) >= 11 is 0. The molecule has 29 heavy (non-hydrogen) atoms. The van der Waals surface area contributed by atoms with E-state index in [0.717, 1.165) is 12.1 Å². The summed E-state index contributed by atoms with van der Waals surface area (Å²) in [5.41, 5.74) is 1.38. The Morgan fingerprint density at radius 2 is 2.00 bits per heavy atom. The van der Waals surface area contributed by atoms with E-state index >= 15 is 0 Å². The molecular weight excluding hydrogens is 396 g/mol. The molecule has 0 spiro atoms. The van der Waals surface area contributed by atoms with Gasteiger partial charge in [-0.2, -0.15) is 0 Å². The van der Waals surface area contributed by atoms with Crippen LogP contribution in [0.3, 0.4) is 0 Å². The number of carbonyl (C=O) groups is 1. The SMILES string of the molecule is O=C(O)COCc1nc2ccccn2c1C#Cc1ccc(OC(F)(F)F)c(F)c1. The molecule has 0 bridgehead atoms. The number of hydrogen-bond donors (Lipinski definition) is 1. The fraction of sp³-hybridized carbons (Fsp3) is 0.158. The zero-order chi connectivity index (χ0) is 21.0. The number of carboxylic acids is 1. The molecule has 6 nitrogen and oxygen atoms in total. The van der Waals surface area contributed by atoms with Gasteiger partial charge in [-0.05, 0) is 36.3 Å². The highest BCUT2D eigenvalue weighted by Gasteiger charge is 2.32. The molecular formula is C19H12F4N2O4. The van der Waals surface area contributed by atoms with E-state index in [9.17, 15) is 22.4 Å². The number of hydrogen-bond acceptors (Lipinski definition) is 4. The van der Waals surface area contributed by atoms with Crippen LogP contribution >= 0.6 is 0 Å². The number of ether oxygens (including phenoxy) is 2. The third kappa shape index (κ3) is 5.24. The van der Waals surface area contributed by atoms with E-state index in [1.165, 1.54) is 6.07 Å². The van der Waals surface area contributed by atoms with Crippen molar-refractivity contribution in [2.24, 2.45) is 0 Å². The van der Waals surface area contributed by atoms with Gasteiger partial charge in [0.1, 0.15) is 23.6 Å². The van der Waals surface area contributed by atoms with Crippen molar-refractivity contribution in [3.63, 3.8) is 0 Å². The number of aromatic nitrogens is 2. The van der Waals surface area contributed by atoms with E-state index in [1.807, 2.05) is 0 Å². The monoisotopic (exact) mass is 408 g/mol. The van der Waals surface area contributed by atoms with Gasteiger partial charge in [-0.1, -0.05) is 12.0 Å². The number of halogens is 4. The fourth-order valence-corrected chi connectivity index (χ4v) is 2.43. The highest BCUT2D eigenvalue weighted by atomic mass is 19.4. The molecule has 150 valence electrons. The lowest BCUT2D eigenvalue weighted by molar-refractivity contribution is -0.275. The van der Waals surface area contributed by atoms with Gasteiger partial charge in [0, 0.05) is 11.8 Å². The zero-order valence-electron chi connectivity index (χ0n) is 14.5. The first kappa shape index (κ1) is 20.2. The number of benzene rings is 1. The van der Waals surface area contributed by atoms with E-state index in [-0.39, 0.29) is 12.2 Å². The van der Waals surface area contributed by atoms with Crippen LogP contribution in [-0.2, 0) is 16.1 Å². The molecule has 0 fully saturated rings. The molecule has 1 N–H and O–H groups in total. The molecule has 3 aromatic rings. The third-order valence-corrected chi connectivity index (χ3v) is 3.55. The second kappa shape index (κ2) is 8.20. The standard InChI is InChI=1S/C19H12F4N2O4/c20-13-9-12(5-7-16(13)29-19(21,22)23)4-6-15-14(10-28-11-18(26)27)24-17-3-1-2-8-25(15)17/h1-3,5,7-9H,10-11H2,(H,26,27). The first-order valence-corrected chi connectivity index (χ1v) is 8.06.